The van der Waals surface area contributed by atoms with Crippen LogP contribution in [0.15, 0.2) is 36.4 Å². The Bertz CT molecular complexity index is 845. The first-order valence-electron chi connectivity index (χ1n) is 13.0. The number of carbonyl (C=O) groups is 2. The summed E-state index contributed by atoms with van der Waals surface area (Å²) in [5, 5.41) is 5.64. The van der Waals surface area contributed by atoms with E-state index in [-0.39, 0.29) is 38.1 Å². The average Bonchev–Trinajstić information content (AvgIpc) is 2.89. The van der Waals surface area contributed by atoms with Crippen LogP contribution >= 0.6 is 21.6 Å². The van der Waals surface area contributed by atoms with E-state index in [0.717, 1.165) is 0 Å². The molecule has 10 nitrogen and oxygen atoms in total. The van der Waals surface area contributed by atoms with E-state index in [0.29, 0.717) is 63.5 Å². The van der Waals surface area contributed by atoms with Crippen LogP contribution in [0.5, 0.6) is 5.75 Å². The number of benzene rings is 1. The fourth-order valence-corrected chi connectivity index (χ4v) is 4.92. The van der Waals surface area contributed by atoms with Gasteiger partial charge < -0.3 is 40.1 Å². The van der Waals surface area contributed by atoms with Crippen molar-refractivity contribution in [3.05, 3.63) is 36.4 Å². The summed E-state index contributed by atoms with van der Waals surface area (Å²) in [5.74, 6) is 0.741. The summed E-state index contributed by atoms with van der Waals surface area (Å²) >= 11 is 0. The Kier molecular flexibility index (Phi) is 19.8. The van der Waals surface area contributed by atoms with Gasteiger partial charge in [-0.1, -0.05) is 53.7 Å². The molecule has 4 N–H and O–H groups in total. The molecule has 1 rings (SSSR count). The van der Waals surface area contributed by atoms with Gasteiger partial charge >= 0.3 is 0 Å². The van der Waals surface area contributed by atoms with Gasteiger partial charge in [0.2, 0.25) is 11.8 Å². The van der Waals surface area contributed by atoms with Gasteiger partial charge in [-0.25, -0.2) is 0 Å². The first kappa shape index (κ1) is 35.2. The lowest BCUT2D eigenvalue weighted by Crippen LogP contribution is -2.33. The van der Waals surface area contributed by atoms with E-state index < -0.39 is 4.93 Å². The number of hydrogen-bond acceptors (Lipinski definition) is 10. The van der Waals surface area contributed by atoms with Gasteiger partial charge in [-0.15, -0.1) is 0 Å². The highest BCUT2D eigenvalue weighted by molar-refractivity contribution is 8.76. The summed E-state index contributed by atoms with van der Waals surface area (Å²) < 4.78 is 28.1. The molecule has 1 aromatic rings. The second-order valence-corrected chi connectivity index (χ2v) is 11.8. The summed E-state index contributed by atoms with van der Waals surface area (Å²) in [7, 11) is 3.11. The van der Waals surface area contributed by atoms with Gasteiger partial charge in [0, 0.05) is 24.8 Å². The third-order valence-electron chi connectivity index (χ3n) is 4.79. The van der Waals surface area contributed by atoms with Crippen molar-refractivity contribution < 1.29 is 33.3 Å². The molecule has 2 amide bonds. The van der Waals surface area contributed by atoms with Crippen molar-refractivity contribution in [3.63, 3.8) is 0 Å². The second-order valence-electron chi connectivity index (χ2n) is 8.89. The van der Waals surface area contributed by atoms with Crippen molar-refractivity contribution in [2.75, 3.05) is 77.5 Å². The van der Waals surface area contributed by atoms with Crippen LogP contribution in [-0.4, -0.2) is 88.9 Å². The van der Waals surface area contributed by atoms with E-state index in [2.05, 4.69) is 24.5 Å². The van der Waals surface area contributed by atoms with Gasteiger partial charge in [-0.05, 0) is 31.2 Å². The molecule has 39 heavy (non-hydrogen) atoms. The van der Waals surface area contributed by atoms with Crippen LogP contribution in [0.3, 0.4) is 0 Å². The maximum Gasteiger partial charge on any atom is 0.246 e. The standard InChI is InChI=1S/C27H45N3O7S2/c1-22(2)7-6-12-29-26(32)20-35-17-18-37-27(3,39-38-4)21-36-24-9-5-8-23(19-24)30-25(31)10-13-33-15-16-34-14-11-28/h5-9,19,22H,10-18,20-21,28H2,1-4H3,(H,29,32)(H,30,31)/b7-6+/t27-/m0/s1. The predicted octanol–water partition coefficient (Wildman–Crippen LogP) is 3.47. The molecule has 0 fully saturated rings. The van der Waals surface area contributed by atoms with E-state index in [4.69, 9.17) is 29.4 Å². The number of nitrogens with one attached hydrogen (secondary N) is 2. The third-order valence-corrected chi connectivity index (χ3v) is 7.10. The molecule has 0 aromatic heterocycles. The summed E-state index contributed by atoms with van der Waals surface area (Å²) in [6.45, 7) is 9.59. The Hall–Kier alpha value is -1.80. The van der Waals surface area contributed by atoms with Crippen LogP contribution in [0.25, 0.3) is 0 Å². The molecule has 1 atom stereocenters. The predicted molar refractivity (Wildman–Crippen MR) is 159 cm³/mol. The fraction of sp³-hybridized carbons (Fsp3) is 0.630. The molecule has 0 spiro atoms. The van der Waals surface area contributed by atoms with Crippen molar-refractivity contribution >= 4 is 39.1 Å². The van der Waals surface area contributed by atoms with Crippen molar-refractivity contribution in [3.8, 4) is 5.75 Å². The summed E-state index contributed by atoms with van der Waals surface area (Å²) in [6, 6.07) is 7.20. The quantitative estimate of drug-likeness (QED) is 0.0757. The largest absolute Gasteiger partial charge is 0.490 e. The van der Waals surface area contributed by atoms with E-state index in [9.17, 15) is 9.59 Å². The Morgan fingerprint density at radius 2 is 1.79 bits per heavy atom. The first-order chi connectivity index (χ1) is 18.8. The minimum Gasteiger partial charge on any atom is -0.490 e. The molecule has 12 heteroatoms. The maximum absolute atomic E-state index is 12.2. The summed E-state index contributed by atoms with van der Waals surface area (Å²) in [4.78, 5) is 23.4. The highest BCUT2D eigenvalue weighted by Gasteiger charge is 2.27. The third kappa shape index (κ3) is 19.0. The molecule has 0 aliphatic carbocycles. The zero-order chi connectivity index (χ0) is 28.8. The molecule has 0 radical (unpaired) electrons. The molecule has 0 saturated carbocycles. The molecule has 0 heterocycles. The molecule has 1 aromatic carbocycles. The molecular formula is C27H45N3O7S2. The lowest BCUT2D eigenvalue weighted by atomic mass is 10.2. The molecule has 0 aliphatic heterocycles. The van der Waals surface area contributed by atoms with Crippen molar-refractivity contribution in [2.45, 2.75) is 32.1 Å². The number of allylic oxidation sites excluding steroid dienone is 1. The summed E-state index contributed by atoms with van der Waals surface area (Å²) in [5.41, 5.74) is 5.99. The zero-order valence-corrected chi connectivity index (χ0v) is 25.2. The number of rotatable bonds is 23. The number of anilines is 1. The first-order valence-corrected chi connectivity index (χ1v) is 15.6. The van der Waals surface area contributed by atoms with Gasteiger partial charge in [-0.2, -0.15) is 0 Å². The number of amides is 2. The zero-order valence-electron chi connectivity index (χ0n) is 23.6. The van der Waals surface area contributed by atoms with E-state index >= 15 is 0 Å². The topological polar surface area (TPSA) is 130 Å². The Labute approximate surface area is 240 Å². The number of ether oxygens (including phenoxy) is 5. The number of nitrogens with two attached hydrogens (primary N) is 1. The van der Waals surface area contributed by atoms with Crippen LogP contribution in [-0.2, 0) is 28.5 Å². The van der Waals surface area contributed by atoms with Gasteiger partial charge in [-0.3, -0.25) is 9.59 Å². The lowest BCUT2D eigenvalue weighted by Gasteiger charge is -2.28. The molecule has 222 valence electrons. The van der Waals surface area contributed by atoms with Crippen LogP contribution in [0.2, 0.25) is 0 Å². The van der Waals surface area contributed by atoms with Crippen LogP contribution in [0.1, 0.15) is 27.2 Å². The van der Waals surface area contributed by atoms with Crippen molar-refractivity contribution in [2.24, 2.45) is 11.7 Å². The fourth-order valence-electron chi connectivity index (χ4n) is 2.98. The monoisotopic (exact) mass is 587 g/mol. The minimum absolute atomic E-state index is 0.0182. The highest BCUT2D eigenvalue weighted by atomic mass is 33.1. The van der Waals surface area contributed by atoms with E-state index in [1.807, 2.05) is 37.5 Å². The van der Waals surface area contributed by atoms with Gasteiger partial charge in [0.15, 0.2) is 4.93 Å². The molecule has 0 bridgehead atoms. The Balaban J connectivity index is 2.36. The molecule has 0 saturated heterocycles. The highest BCUT2D eigenvalue weighted by Crippen LogP contribution is 2.35. The van der Waals surface area contributed by atoms with Gasteiger partial charge in [0.25, 0.3) is 0 Å². The molecular weight excluding hydrogens is 542 g/mol. The van der Waals surface area contributed by atoms with Crippen LogP contribution < -0.4 is 21.1 Å². The number of carbonyl (C=O) groups excluding carboxylic acids is 2. The lowest BCUT2D eigenvalue weighted by molar-refractivity contribution is -0.126. The van der Waals surface area contributed by atoms with Crippen molar-refractivity contribution in [1.82, 2.24) is 5.32 Å². The van der Waals surface area contributed by atoms with E-state index in [1.54, 1.807) is 22.9 Å². The normalized spacial score (nSPS) is 13.0. The Morgan fingerprint density at radius 1 is 1.05 bits per heavy atom. The van der Waals surface area contributed by atoms with E-state index in [1.165, 1.54) is 10.8 Å². The van der Waals surface area contributed by atoms with Crippen LogP contribution in [0.4, 0.5) is 5.69 Å². The maximum atomic E-state index is 12.2. The van der Waals surface area contributed by atoms with Gasteiger partial charge in [0.05, 0.1) is 46.1 Å². The minimum atomic E-state index is -0.642. The average molecular weight is 588 g/mol. The summed E-state index contributed by atoms with van der Waals surface area (Å²) in [6.07, 6.45) is 6.17. The Morgan fingerprint density at radius 3 is 2.51 bits per heavy atom. The SMILES string of the molecule is CSS[C@@](C)(COc1cccc(NC(=O)CCOCCOCCN)c1)OCCOCC(=O)NC/C=C/C(C)C. The second kappa shape index (κ2) is 22.0. The van der Waals surface area contributed by atoms with Crippen LogP contribution in [0, 0.1) is 5.92 Å². The smallest absolute Gasteiger partial charge is 0.246 e. The molecule has 0 aliphatic rings. The van der Waals surface area contributed by atoms with Gasteiger partial charge in [0.1, 0.15) is 19.0 Å². The molecule has 0 unspecified atom stereocenters. The number of hydrogen-bond donors (Lipinski definition) is 3. The van der Waals surface area contributed by atoms with Crippen molar-refractivity contribution in [1.29, 1.82) is 0 Å².